The minimum Gasteiger partial charge on any atom is -0.392 e. The summed E-state index contributed by atoms with van der Waals surface area (Å²) in [6.45, 7) is 7.40. The van der Waals surface area contributed by atoms with Gasteiger partial charge in [-0.05, 0) is 26.7 Å². The first-order valence-electron chi connectivity index (χ1n) is 7.33. The van der Waals surface area contributed by atoms with Crippen LogP contribution < -0.4 is 0 Å². The second-order valence-corrected chi connectivity index (χ2v) is 9.69. The minimum absolute atomic E-state index is 0.0425. The molecular weight excluding hydrogens is 360 g/mol. The van der Waals surface area contributed by atoms with E-state index < -0.39 is 39.6 Å². The lowest BCUT2D eigenvalue weighted by atomic mass is 9.45. The van der Waals surface area contributed by atoms with E-state index in [4.69, 9.17) is 16.3 Å². The molecule has 6 heteroatoms. The monoisotopic (exact) mass is 380 g/mol. The molecular formula is C15H22BrClO4. The Bertz CT molecular complexity index is 508. The van der Waals surface area contributed by atoms with Crippen molar-refractivity contribution in [2.45, 2.75) is 74.2 Å². The quantitative estimate of drug-likeness (QED) is 0.497. The van der Waals surface area contributed by atoms with Crippen LogP contribution in [0.2, 0.25) is 0 Å². The molecule has 0 bridgehead atoms. The lowest BCUT2D eigenvalue weighted by Gasteiger charge is -2.59. The van der Waals surface area contributed by atoms with E-state index in [1.54, 1.807) is 0 Å². The average Bonchev–Trinajstić information content (AvgIpc) is 3.04. The molecule has 0 amide bonds. The molecule has 2 aliphatic carbocycles. The van der Waals surface area contributed by atoms with E-state index in [0.717, 1.165) is 0 Å². The summed E-state index contributed by atoms with van der Waals surface area (Å²) < 4.78 is 5.77. The highest BCUT2D eigenvalue weighted by atomic mass is 79.9. The maximum absolute atomic E-state index is 12.6. The Kier molecular flexibility index (Phi) is 3.26. The van der Waals surface area contributed by atoms with Gasteiger partial charge in [-0.3, -0.25) is 4.79 Å². The summed E-state index contributed by atoms with van der Waals surface area (Å²) in [5, 5.41) is 21.1. The number of epoxide rings is 1. The number of fused-ring (bicyclic) bond motifs is 2. The Morgan fingerprint density at radius 2 is 1.81 bits per heavy atom. The minimum atomic E-state index is -1.11. The van der Waals surface area contributed by atoms with Crippen molar-refractivity contribution in [2.24, 2.45) is 10.8 Å². The molecule has 21 heavy (non-hydrogen) atoms. The van der Waals surface area contributed by atoms with Crippen molar-refractivity contribution in [3.8, 4) is 0 Å². The zero-order valence-corrected chi connectivity index (χ0v) is 15.0. The number of ketones is 1. The van der Waals surface area contributed by atoms with Crippen molar-refractivity contribution in [1.82, 2.24) is 0 Å². The maximum Gasteiger partial charge on any atom is 0.170 e. The van der Waals surface area contributed by atoms with Gasteiger partial charge in [-0.1, -0.05) is 29.8 Å². The van der Waals surface area contributed by atoms with E-state index in [2.05, 4.69) is 15.9 Å². The van der Waals surface area contributed by atoms with Gasteiger partial charge in [0.1, 0.15) is 17.8 Å². The highest BCUT2D eigenvalue weighted by Crippen LogP contribution is 2.70. The smallest absolute Gasteiger partial charge is 0.170 e. The molecule has 7 atom stereocenters. The lowest BCUT2D eigenvalue weighted by molar-refractivity contribution is -0.176. The van der Waals surface area contributed by atoms with Crippen molar-refractivity contribution in [1.29, 1.82) is 0 Å². The first-order valence-corrected chi connectivity index (χ1v) is 8.62. The zero-order valence-electron chi connectivity index (χ0n) is 12.7. The highest BCUT2D eigenvalue weighted by molar-refractivity contribution is 9.09. The summed E-state index contributed by atoms with van der Waals surface area (Å²) in [5.74, 6) is -0.251. The lowest BCUT2D eigenvalue weighted by Crippen LogP contribution is -2.69. The van der Waals surface area contributed by atoms with Crippen LogP contribution in [0.3, 0.4) is 0 Å². The van der Waals surface area contributed by atoms with Gasteiger partial charge in [-0.15, -0.1) is 11.6 Å². The number of carbonyl (C=O) groups is 1. The third-order valence-corrected chi connectivity index (χ3v) is 8.36. The number of ether oxygens (including phenoxy) is 1. The van der Waals surface area contributed by atoms with Crippen LogP contribution in [0.5, 0.6) is 0 Å². The Hall–Kier alpha value is 0.320. The summed E-state index contributed by atoms with van der Waals surface area (Å²) >= 11 is 10.1. The first kappa shape index (κ1) is 16.2. The van der Waals surface area contributed by atoms with Gasteiger partial charge in [0.25, 0.3) is 0 Å². The fourth-order valence-electron chi connectivity index (χ4n) is 4.82. The zero-order chi connectivity index (χ0) is 16.0. The van der Waals surface area contributed by atoms with Gasteiger partial charge < -0.3 is 14.9 Å². The van der Waals surface area contributed by atoms with Gasteiger partial charge in [0.2, 0.25) is 0 Å². The molecule has 0 aromatic rings. The number of alkyl halides is 2. The summed E-state index contributed by atoms with van der Waals surface area (Å²) in [4.78, 5) is 12.0. The van der Waals surface area contributed by atoms with Gasteiger partial charge in [0, 0.05) is 15.7 Å². The van der Waals surface area contributed by atoms with E-state index in [1.165, 1.54) is 0 Å². The van der Waals surface area contributed by atoms with E-state index in [0.29, 0.717) is 12.8 Å². The number of aliphatic hydroxyl groups is 2. The predicted molar refractivity (Wildman–Crippen MR) is 82.7 cm³/mol. The van der Waals surface area contributed by atoms with Gasteiger partial charge >= 0.3 is 0 Å². The Labute approximate surface area is 138 Å². The topological polar surface area (TPSA) is 70.1 Å². The van der Waals surface area contributed by atoms with Gasteiger partial charge in [0.05, 0.1) is 11.0 Å². The third-order valence-electron chi connectivity index (χ3n) is 6.35. The molecule has 3 fully saturated rings. The van der Waals surface area contributed by atoms with E-state index in [9.17, 15) is 15.0 Å². The number of carbonyl (C=O) groups excluding carboxylic acids is 1. The molecule has 4 nitrogen and oxygen atoms in total. The van der Waals surface area contributed by atoms with Crippen LogP contribution in [-0.2, 0) is 9.53 Å². The third kappa shape index (κ3) is 1.70. The number of halogens is 2. The van der Waals surface area contributed by atoms with Gasteiger partial charge in [-0.25, -0.2) is 0 Å². The van der Waals surface area contributed by atoms with Crippen LogP contribution in [0.25, 0.3) is 0 Å². The second kappa shape index (κ2) is 4.23. The molecule has 1 spiro atoms. The van der Waals surface area contributed by atoms with Crippen molar-refractivity contribution in [2.75, 3.05) is 0 Å². The van der Waals surface area contributed by atoms with E-state index in [-0.39, 0.29) is 10.6 Å². The maximum atomic E-state index is 12.6. The molecule has 1 heterocycles. The second-order valence-electron chi connectivity index (χ2n) is 7.72. The first-order chi connectivity index (χ1) is 9.42. The molecule has 1 aliphatic heterocycles. The van der Waals surface area contributed by atoms with Crippen molar-refractivity contribution in [3.05, 3.63) is 0 Å². The number of Topliss-reactive ketones (excluding diaryl/α,β-unsaturated/α-hetero) is 1. The molecule has 2 saturated carbocycles. The molecule has 0 unspecified atom stereocenters. The van der Waals surface area contributed by atoms with Crippen molar-refractivity contribution in [3.63, 3.8) is 0 Å². The molecule has 1 saturated heterocycles. The number of hydrogen-bond acceptors (Lipinski definition) is 4. The number of hydrogen-bond donors (Lipinski definition) is 2. The van der Waals surface area contributed by atoms with Crippen LogP contribution in [0.1, 0.15) is 40.5 Å². The summed E-state index contributed by atoms with van der Waals surface area (Å²) in [6.07, 6.45) is -1.47. The van der Waals surface area contributed by atoms with E-state index in [1.807, 2.05) is 27.7 Å². The predicted octanol–water partition coefficient (Wildman–Crippen LogP) is 2.02. The normalized spacial score (nSPS) is 59.0. The number of aliphatic hydroxyl groups excluding tert-OH is 2. The van der Waals surface area contributed by atoms with Crippen LogP contribution in [0.15, 0.2) is 0 Å². The number of rotatable bonds is 0. The van der Waals surface area contributed by atoms with Crippen LogP contribution in [0.4, 0.5) is 0 Å². The summed E-state index contributed by atoms with van der Waals surface area (Å²) in [7, 11) is 0. The molecule has 3 rings (SSSR count). The molecule has 120 valence electrons. The Morgan fingerprint density at radius 3 is 2.38 bits per heavy atom. The SMILES string of the molecule is CC1(C)C(=O)[C@@H](O)[C@H]2O[C@@]2(C)[C@]12C[C@H](Br)[C@@](C)(Cl)C[C@H]2O. The molecule has 0 aromatic heterocycles. The molecule has 3 aliphatic rings. The summed E-state index contributed by atoms with van der Waals surface area (Å²) in [5.41, 5.74) is -2.32. The van der Waals surface area contributed by atoms with Crippen molar-refractivity contribution >= 4 is 33.3 Å². The van der Waals surface area contributed by atoms with E-state index >= 15 is 0 Å². The summed E-state index contributed by atoms with van der Waals surface area (Å²) in [6, 6.07) is 0. The standard InChI is InChI=1S/C15H22BrClO4/c1-12(2)10(20)9(19)11-14(4,21-11)15(12)5-7(16)13(3,17)6-8(15)18/h7-9,11,18-19H,5-6H2,1-4H3/t7-,8+,9+,11+,13-,14+,15-/m0/s1. The molecule has 0 aromatic carbocycles. The fourth-order valence-corrected chi connectivity index (χ4v) is 5.74. The van der Waals surface area contributed by atoms with Gasteiger partial charge in [-0.2, -0.15) is 0 Å². The highest BCUT2D eigenvalue weighted by Gasteiger charge is 2.81. The van der Waals surface area contributed by atoms with Gasteiger partial charge in [0.15, 0.2) is 5.78 Å². The van der Waals surface area contributed by atoms with Crippen LogP contribution in [0, 0.1) is 10.8 Å². The molecule has 2 N–H and O–H groups in total. The van der Waals surface area contributed by atoms with Crippen LogP contribution >= 0.6 is 27.5 Å². The average molecular weight is 382 g/mol. The largest absolute Gasteiger partial charge is 0.392 e. The van der Waals surface area contributed by atoms with Crippen LogP contribution in [-0.4, -0.2) is 49.6 Å². The fraction of sp³-hybridized carbons (Fsp3) is 0.933. The Morgan fingerprint density at radius 1 is 1.24 bits per heavy atom. The Balaban J connectivity index is 2.12. The molecule has 0 radical (unpaired) electrons. The van der Waals surface area contributed by atoms with Crippen molar-refractivity contribution < 1.29 is 19.7 Å².